The molecule has 0 spiro atoms. The number of aryl methyl sites for hydroxylation is 1. The molecular weight excluding hydrogens is 260 g/mol. The molecule has 1 aromatic heterocycles. The summed E-state index contributed by atoms with van der Waals surface area (Å²) in [7, 11) is 0. The Morgan fingerprint density at radius 3 is 2.76 bits per heavy atom. The smallest absolute Gasteiger partial charge is 0.116 e. The molecule has 0 fully saturated rings. The molecule has 21 heavy (non-hydrogen) atoms. The van der Waals surface area contributed by atoms with E-state index in [0.29, 0.717) is 0 Å². The topological polar surface area (TPSA) is 46.0 Å². The van der Waals surface area contributed by atoms with Gasteiger partial charge in [0, 0.05) is 23.8 Å². The molecule has 0 saturated heterocycles. The number of benzene rings is 1. The summed E-state index contributed by atoms with van der Waals surface area (Å²) in [6, 6.07) is 10.2. The van der Waals surface area contributed by atoms with Gasteiger partial charge >= 0.3 is 0 Å². The Morgan fingerprint density at radius 1 is 1.19 bits per heavy atom. The van der Waals surface area contributed by atoms with E-state index in [2.05, 4.69) is 28.2 Å². The Balaban J connectivity index is 1.71. The van der Waals surface area contributed by atoms with Crippen LogP contribution < -0.4 is 0 Å². The Kier molecular flexibility index (Phi) is 4.11. The van der Waals surface area contributed by atoms with Crippen LogP contribution in [0.3, 0.4) is 0 Å². The summed E-state index contributed by atoms with van der Waals surface area (Å²) in [6.45, 7) is 2.23. The van der Waals surface area contributed by atoms with Crippen molar-refractivity contribution in [2.45, 2.75) is 32.1 Å². The fourth-order valence-electron chi connectivity index (χ4n) is 2.98. The first-order valence-electron chi connectivity index (χ1n) is 7.45. The Morgan fingerprint density at radius 2 is 2.00 bits per heavy atom. The predicted octanol–water partition coefficient (Wildman–Crippen LogP) is 3.28. The molecular formula is C18H20N2O. The summed E-state index contributed by atoms with van der Waals surface area (Å²) in [6.07, 6.45) is 6.73. The number of aliphatic hydroxyl groups is 1. The first-order chi connectivity index (χ1) is 10.3. The molecule has 1 aliphatic carbocycles. The minimum absolute atomic E-state index is 0.187. The van der Waals surface area contributed by atoms with Crippen molar-refractivity contribution in [1.29, 1.82) is 0 Å². The molecule has 1 N–H and O–H groups in total. The second-order valence-corrected chi connectivity index (χ2v) is 5.55. The maximum absolute atomic E-state index is 9.65. The van der Waals surface area contributed by atoms with Gasteiger partial charge in [0.25, 0.3) is 0 Å². The molecule has 1 atom stereocenters. The van der Waals surface area contributed by atoms with Crippen molar-refractivity contribution in [2.24, 2.45) is 0 Å². The lowest BCUT2D eigenvalue weighted by atomic mass is 9.92. The van der Waals surface area contributed by atoms with Crippen molar-refractivity contribution < 1.29 is 5.11 Å². The molecule has 1 heterocycles. The van der Waals surface area contributed by atoms with E-state index in [9.17, 15) is 5.11 Å². The Labute approximate surface area is 125 Å². The van der Waals surface area contributed by atoms with Crippen molar-refractivity contribution in [3.05, 3.63) is 65.2 Å². The van der Waals surface area contributed by atoms with Crippen LogP contribution in [0.4, 0.5) is 0 Å². The number of hydrogen-bond acceptors (Lipinski definition) is 3. The van der Waals surface area contributed by atoms with Gasteiger partial charge in [-0.1, -0.05) is 36.4 Å². The van der Waals surface area contributed by atoms with Gasteiger partial charge in [-0.2, -0.15) is 0 Å². The van der Waals surface area contributed by atoms with Crippen LogP contribution in [0.1, 0.15) is 41.3 Å². The quantitative estimate of drug-likeness (QED) is 0.914. The zero-order valence-corrected chi connectivity index (χ0v) is 12.3. The molecule has 0 unspecified atom stereocenters. The number of allylic oxidation sites excluding steroid dienone is 2. The molecule has 3 rings (SSSR count). The number of nitrogens with zero attached hydrogens (tertiary/aromatic N) is 2. The van der Waals surface area contributed by atoms with Crippen LogP contribution in [0.2, 0.25) is 0 Å². The second-order valence-electron chi connectivity index (χ2n) is 5.55. The molecule has 2 aromatic rings. The van der Waals surface area contributed by atoms with E-state index < -0.39 is 0 Å². The van der Waals surface area contributed by atoms with Crippen LogP contribution >= 0.6 is 0 Å². The van der Waals surface area contributed by atoms with E-state index in [1.54, 1.807) is 6.33 Å². The highest BCUT2D eigenvalue weighted by Gasteiger charge is 2.19. The minimum atomic E-state index is 0.187. The molecule has 108 valence electrons. The SMILES string of the molecule is Cc1ncnc2c1CC=C2CC[C@H](CO)c1ccccc1. The number of hydrogen-bond donors (Lipinski definition) is 1. The summed E-state index contributed by atoms with van der Waals surface area (Å²) < 4.78 is 0. The van der Waals surface area contributed by atoms with Crippen LogP contribution in [0, 0.1) is 6.92 Å². The normalized spacial score (nSPS) is 14.7. The lowest BCUT2D eigenvalue weighted by Crippen LogP contribution is -2.04. The summed E-state index contributed by atoms with van der Waals surface area (Å²) in [4.78, 5) is 8.70. The van der Waals surface area contributed by atoms with Crippen molar-refractivity contribution in [2.75, 3.05) is 6.61 Å². The van der Waals surface area contributed by atoms with Gasteiger partial charge in [-0.25, -0.2) is 9.97 Å². The highest BCUT2D eigenvalue weighted by atomic mass is 16.3. The van der Waals surface area contributed by atoms with Gasteiger partial charge in [-0.15, -0.1) is 0 Å². The highest BCUT2D eigenvalue weighted by Crippen LogP contribution is 2.32. The number of aliphatic hydroxyl groups excluding tert-OH is 1. The van der Waals surface area contributed by atoms with Crippen molar-refractivity contribution in [3.8, 4) is 0 Å². The molecule has 1 aliphatic rings. The Bertz CT molecular complexity index is 650. The van der Waals surface area contributed by atoms with Crippen molar-refractivity contribution in [3.63, 3.8) is 0 Å². The third kappa shape index (κ3) is 2.88. The average Bonchev–Trinajstić information content (AvgIpc) is 2.94. The summed E-state index contributed by atoms with van der Waals surface area (Å²) in [5, 5.41) is 9.65. The fourth-order valence-corrected chi connectivity index (χ4v) is 2.98. The minimum Gasteiger partial charge on any atom is -0.396 e. The first kappa shape index (κ1) is 14.0. The van der Waals surface area contributed by atoms with Gasteiger partial charge < -0.3 is 5.11 Å². The van der Waals surface area contributed by atoms with Gasteiger partial charge in [0.1, 0.15) is 6.33 Å². The van der Waals surface area contributed by atoms with E-state index >= 15 is 0 Å². The van der Waals surface area contributed by atoms with Crippen LogP contribution in [-0.2, 0) is 6.42 Å². The molecule has 0 saturated carbocycles. The first-order valence-corrected chi connectivity index (χ1v) is 7.45. The standard InChI is InChI=1S/C18H20N2O/c1-13-17-10-9-15(18(17)20-12-19-13)7-8-16(11-21)14-5-3-2-4-6-14/h2-6,9,12,16,21H,7-8,10-11H2,1H3/t16-/m1/s1. The van der Waals surface area contributed by atoms with E-state index in [1.807, 2.05) is 25.1 Å². The summed E-state index contributed by atoms with van der Waals surface area (Å²) in [5.41, 5.74) is 5.94. The molecule has 3 nitrogen and oxygen atoms in total. The molecule has 0 bridgehead atoms. The van der Waals surface area contributed by atoms with Crippen molar-refractivity contribution in [1.82, 2.24) is 9.97 Å². The van der Waals surface area contributed by atoms with Crippen LogP contribution in [0.5, 0.6) is 0 Å². The largest absolute Gasteiger partial charge is 0.396 e. The molecule has 0 aliphatic heterocycles. The Hall–Kier alpha value is -2.00. The van der Waals surface area contributed by atoms with Gasteiger partial charge in [0.2, 0.25) is 0 Å². The van der Waals surface area contributed by atoms with Crippen LogP contribution in [0.25, 0.3) is 5.57 Å². The maximum Gasteiger partial charge on any atom is 0.116 e. The number of rotatable bonds is 5. The van der Waals surface area contributed by atoms with E-state index in [0.717, 1.165) is 30.7 Å². The second kappa shape index (κ2) is 6.19. The monoisotopic (exact) mass is 280 g/mol. The van der Waals surface area contributed by atoms with E-state index in [1.165, 1.54) is 16.7 Å². The number of aromatic nitrogens is 2. The van der Waals surface area contributed by atoms with Gasteiger partial charge in [-0.05, 0) is 37.3 Å². The van der Waals surface area contributed by atoms with Crippen molar-refractivity contribution >= 4 is 5.57 Å². The van der Waals surface area contributed by atoms with Crippen LogP contribution in [0.15, 0.2) is 42.7 Å². The summed E-state index contributed by atoms with van der Waals surface area (Å²) >= 11 is 0. The number of fused-ring (bicyclic) bond motifs is 1. The zero-order chi connectivity index (χ0) is 14.7. The lowest BCUT2D eigenvalue weighted by Gasteiger charge is -2.15. The maximum atomic E-state index is 9.65. The van der Waals surface area contributed by atoms with Gasteiger partial charge in [0.15, 0.2) is 0 Å². The van der Waals surface area contributed by atoms with Gasteiger partial charge in [0.05, 0.1) is 5.69 Å². The molecule has 1 aromatic carbocycles. The average molecular weight is 280 g/mol. The summed E-state index contributed by atoms with van der Waals surface area (Å²) in [5.74, 6) is 0.194. The molecule has 3 heteroatoms. The van der Waals surface area contributed by atoms with Gasteiger partial charge in [-0.3, -0.25) is 0 Å². The predicted molar refractivity (Wildman–Crippen MR) is 84.0 cm³/mol. The van der Waals surface area contributed by atoms with Crippen LogP contribution in [-0.4, -0.2) is 21.7 Å². The fraction of sp³-hybridized carbons (Fsp3) is 0.333. The zero-order valence-electron chi connectivity index (χ0n) is 12.3. The lowest BCUT2D eigenvalue weighted by molar-refractivity contribution is 0.260. The van der Waals surface area contributed by atoms with E-state index in [4.69, 9.17) is 0 Å². The third-order valence-electron chi connectivity index (χ3n) is 4.27. The van der Waals surface area contributed by atoms with E-state index in [-0.39, 0.29) is 12.5 Å². The molecule has 0 amide bonds. The third-order valence-corrected chi connectivity index (χ3v) is 4.27. The molecule has 0 radical (unpaired) electrons. The highest BCUT2D eigenvalue weighted by molar-refractivity contribution is 5.70.